The Morgan fingerprint density at radius 3 is 3.04 bits per heavy atom. The van der Waals surface area contributed by atoms with Crippen molar-refractivity contribution in [3.8, 4) is 6.07 Å². The van der Waals surface area contributed by atoms with Gasteiger partial charge in [0.2, 0.25) is 0 Å². The van der Waals surface area contributed by atoms with Gasteiger partial charge < -0.3 is 14.3 Å². The summed E-state index contributed by atoms with van der Waals surface area (Å²) in [6, 6.07) is 8.30. The van der Waals surface area contributed by atoms with E-state index in [1.165, 1.54) is 0 Å². The number of nitrogens with one attached hydrogen (secondary N) is 1. The van der Waals surface area contributed by atoms with E-state index in [-0.39, 0.29) is 0 Å². The third kappa shape index (κ3) is 2.99. The van der Waals surface area contributed by atoms with Gasteiger partial charge in [0.1, 0.15) is 17.7 Å². The van der Waals surface area contributed by atoms with Gasteiger partial charge in [0.05, 0.1) is 11.1 Å². The van der Waals surface area contributed by atoms with Crippen LogP contribution in [0, 0.1) is 17.2 Å². The Kier molecular flexibility index (Phi) is 4.48. The Morgan fingerprint density at radius 1 is 1.35 bits per heavy atom. The molecule has 3 aromatic heterocycles. The molecule has 0 fully saturated rings. The maximum Gasteiger partial charge on any atom is 0.135 e. The molecule has 134 valence electrons. The van der Waals surface area contributed by atoms with E-state index in [1.807, 2.05) is 28.8 Å². The summed E-state index contributed by atoms with van der Waals surface area (Å²) in [5, 5.41) is 21.8. The quantitative estimate of drug-likeness (QED) is 0.770. The van der Waals surface area contributed by atoms with E-state index >= 15 is 0 Å². The number of nitrogens with zero attached hydrogens (tertiary/aromatic N) is 5. The zero-order chi connectivity index (χ0) is 18.1. The zero-order valence-corrected chi connectivity index (χ0v) is 15.3. The van der Waals surface area contributed by atoms with Crippen LogP contribution in [0.15, 0.2) is 30.6 Å². The molecule has 0 bridgehead atoms. The smallest absolute Gasteiger partial charge is 0.135 e. The Morgan fingerprint density at radius 2 is 2.23 bits per heavy atom. The van der Waals surface area contributed by atoms with Gasteiger partial charge in [0.25, 0.3) is 0 Å². The molecule has 0 amide bonds. The number of hydrogen-bond acceptors (Lipinski definition) is 4. The normalized spacial score (nSPS) is 16.8. The lowest BCUT2D eigenvalue weighted by atomic mass is 9.98. The van der Waals surface area contributed by atoms with Crippen molar-refractivity contribution in [2.45, 2.75) is 45.7 Å². The second kappa shape index (κ2) is 6.93. The van der Waals surface area contributed by atoms with E-state index in [0.29, 0.717) is 18.4 Å². The highest BCUT2D eigenvalue weighted by Crippen LogP contribution is 2.23. The lowest BCUT2D eigenvalue weighted by Gasteiger charge is -2.25. The first-order chi connectivity index (χ1) is 12.7. The first-order valence-electron chi connectivity index (χ1n) is 9.28. The molecule has 4 heterocycles. The van der Waals surface area contributed by atoms with Crippen molar-refractivity contribution in [3.05, 3.63) is 53.4 Å². The number of hydrogen-bond donors (Lipinski definition) is 1. The Hall–Kier alpha value is -2.65. The number of pyridine rings is 1. The van der Waals surface area contributed by atoms with E-state index in [0.717, 1.165) is 54.2 Å². The van der Waals surface area contributed by atoms with Gasteiger partial charge in [0, 0.05) is 43.4 Å². The van der Waals surface area contributed by atoms with Crippen LogP contribution in [0.4, 0.5) is 0 Å². The van der Waals surface area contributed by atoms with Crippen molar-refractivity contribution in [2.75, 3.05) is 6.54 Å². The zero-order valence-electron chi connectivity index (χ0n) is 15.3. The summed E-state index contributed by atoms with van der Waals surface area (Å²) < 4.78 is 4.32. The number of nitriles is 1. The lowest BCUT2D eigenvalue weighted by molar-refractivity contribution is 0.340. The van der Waals surface area contributed by atoms with Crippen molar-refractivity contribution >= 4 is 5.52 Å². The van der Waals surface area contributed by atoms with E-state index in [1.54, 1.807) is 0 Å². The monoisotopic (exact) mass is 348 g/mol. The molecular formula is C20H24N6. The van der Waals surface area contributed by atoms with Crippen LogP contribution >= 0.6 is 0 Å². The van der Waals surface area contributed by atoms with Gasteiger partial charge in [-0.3, -0.25) is 0 Å². The number of rotatable bonds is 5. The van der Waals surface area contributed by atoms with Crippen molar-refractivity contribution in [1.82, 2.24) is 24.5 Å². The molecule has 1 aliphatic heterocycles. The second-order valence-electron chi connectivity index (χ2n) is 7.41. The predicted octanol–water partition coefficient (Wildman–Crippen LogP) is 2.88. The molecule has 3 aromatic rings. The predicted molar refractivity (Wildman–Crippen MR) is 99.7 cm³/mol. The molecule has 1 unspecified atom stereocenters. The highest BCUT2D eigenvalue weighted by molar-refractivity contribution is 5.65. The Bertz CT molecular complexity index is 958. The third-order valence-electron chi connectivity index (χ3n) is 5.21. The molecule has 1 atom stereocenters. The van der Waals surface area contributed by atoms with E-state index in [2.05, 4.69) is 46.2 Å². The van der Waals surface area contributed by atoms with Crippen LogP contribution in [0.5, 0.6) is 0 Å². The average Bonchev–Trinajstić information content (AvgIpc) is 3.22. The Labute approximate surface area is 153 Å². The number of fused-ring (bicyclic) bond motifs is 2. The first-order valence-corrected chi connectivity index (χ1v) is 9.28. The molecule has 4 rings (SSSR count). The summed E-state index contributed by atoms with van der Waals surface area (Å²) in [5.41, 5.74) is 2.80. The van der Waals surface area contributed by atoms with Gasteiger partial charge in [-0.15, -0.1) is 10.2 Å². The van der Waals surface area contributed by atoms with Gasteiger partial charge in [-0.05, 0) is 31.0 Å². The topological polar surface area (TPSA) is 70.9 Å². The molecule has 0 saturated heterocycles. The maximum atomic E-state index is 9.51. The molecule has 26 heavy (non-hydrogen) atoms. The highest BCUT2D eigenvalue weighted by atomic mass is 15.3. The molecular weight excluding hydrogens is 324 g/mol. The molecule has 0 saturated carbocycles. The fourth-order valence-electron chi connectivity index (χ4n) is 3.86. The summed E-state index contributed by atoms with van der Waals surface area (Å²) in [5.74, 6) is 3.18. The summed E-state index contributed by atoms with van der Waals surface area (Å²) in [6.45, 7) is 6.96. The van der Waals surface area contributed by atoms with Gasteiger partial charge in [-0.1, -0.05) is 19.9 Å². The molecule has 1 N–H and O–H groups in total. The van der Waals surface area contributed by atoms with Crippen molar-refractivity contribution in [2.24, 2.45) is 5.92 Å². The third-order valence-corrected chi connectivity index (χ3v) is 5.21. The molecule has 0 aromatic carbocycles. The van der Waals surface area contributed by atoms with Crippen LogP contribution in [-0.4, -0.2) is 25.7 Å². The summed E-state index contributed by atoms with van der Waals surface area (Å²) in [7, 11) is 0. The van der Waals surface area contributed by atoms with Crippen LogP contribution in [0.3, 0.4) is 0 Å². The lowest BCUT2D eigenvalue weighted by Crippen LogP contribution is -2.30. The highest BCUT2D eigenvalue weighted by Gasteiger charge is 2.23. The minimum atomic E-state index is 0.398. The molecule has 0 aliphatic carbocycles. The average molecular weight is 348 g/mol. The fraction of sp³-hybridized carbons (Fsp3) is 0.450. The molecule has 6 heteroatoms. The largest absolute Gasteiger partial charge is 0.322 e. The standard InChI is InChI=1S/C20H24N6/c1-14(2)20-24-23-19-7-6-15(12-26(19)20)10-22-11-16-13-25-8-4-3-5-18(25)17(16)9-21/h3-5,8,13-15,22H,6-7,10-12H2,1-2H3. The fourth-order valence-corrected chi connectivity index (χ4v) is 3.86. The van der Waals surface area contributed by atoms with Crippen molar-refractivity contribution in [1.29, 1.82) is 5.26 Å². The second-order valence-corrected chi connectivity index (χ2v) is 7.41. The van der Waals surface area contributed by atoms with Crippen LogP contribution in [0.2, 0.25) is 0 Å². The number of aromatic nitrogens is 4. The van der Waals surface area contributed by atoms with Gasteiger partial charge >= 0.3 is 0 Å². The van der Waals surface area contributed by atoms with E-state index in [9.17, 15) is 5.26 Å². The van der Waals surface area contributed by atoms with Crippen LogP contribution < -0.4 is 5.32 Å². The SMILES string of the molecule is CC(C)c1nnc2n1CC(CNCc1cn3ccccc3c1C#N)CC2. The number of aryl methyl sites for hydroxylation is 1. The summed E-state index contributed by atoms with van der Waals surface area (Å²) >= 11 is 0. The minimum absolute atomic E-state index is 0.398. The first kappa shape index (κ1) is 16.8. The van der Waals surface area contributed by atoms with Crippen LogP contribution in [0.1, 0.15) is 49.0 Å². The molecule has 0 radical (unpaired) electrons. The molecule has 6 nitrogen and oxygen atoms in total. The van der Waals surface area contributed by atoms with Crippen molar-refractivity contribution in [3.63, 3.8) is 0 Å². The van der Waals surface area contributed by atoms with E-state index < -0.39 is 0 Å². The van der Waals surface area contributed by atoms with E-state index in [4.69, 9.17) is 0 Å². The van der Waals surface area contributed by atoms with Gasteiger partial charge in [0.15, 0.2) is 0 Å². The summed E-state index contributed by atoms with van der Waals surface area (Å²) in [4.78, 5) is 0. The van der Waals surface area contributed by atoms with Gasteiger partial charge in [-0.2, -0.15) is 5.26 Å². The molecule has 1 aliphatic rings. The maximum absolute atomic E-state index is 9.51. The van der Waals surface area contributed by atoms with Crippen LogP contribution in [0.25, 0.3) is 5.52 Å². The van der Waals surface area contributed by atoms with Crippen molar-refractivity contribution < 1.29 is 0 Å². The minimum Gasteiger partial charge on any atom is -0.322 e. The summed E-state index contributed by atoms with van der Waals surface area (Å²) in [6.07, 6.45) is 6.16. The van der Waals surface area contributed by atoms with Gasteiger partial charge in [-0.25, -0.2) is 0 Å². The Balaban J connectivity index is 1.41. The van der Waals surface area contributed by atoms with Crippen LogP contribution in [-0.2, 0) is 19.5 Å². The molecule has 0 spiro atoms.